The summed E-state index contributed by atoms with van der Waals surface area (Å²) in [6, 6.07) is 14.2. The Morgan fingerprint density at radius 1 is 0.975 bits per heavy atom. The Balaban J connectivity index is 1.22. The fourth-order valence-electron chi connectivity index (χ4n) is 4.65. The molecule has 10 nitrogen and oxygen atoms in total. The molecule has 0 atom stereocenters. The van der Waals surface area contributed by atoms with E-state index in [1.165, 1.54) is 24.4 Å². The molecule has 0 saturated carbocycles. The zero-order valence-corrected chi connectivity index (χ0v) is 22.4. The lowest BCUT2D eigenvalue weighted by Gasteiger charge is -2.29. The standard InChI is InChI=1S/C29H29ClN6O4/c30-21-8-9-25(32-18-21)33-28(39)23-2-1-3-24(37)26(23)34-27(38)20-6-4-19(5-7-20)22-10-13-36(29(22)40)17-16-35-14-11-31-12-15-35/h1-10,18,31,37H,11-17H2,(H,34,38)(H,32,33,39). The number of phenols is 1. The molecule has 206 valence electrons. The smallest absolute Gasteiger partial charge is 0.259 e. The first-order chi connectivity index (χ1) is 19.4. The van der Waals surface area contributed by atoms with Gasteiger partial charge in [0.2, 0.25) is 0 Å². The molecule has 3 heterocycles. The van der Waals surface area contributed by atoms with Crippen LogP contribution in [0.4, 0.5) is 11.5 Å². The van der Waals surface area contributed by atoms with E-state index in [1.54, 1.807) is 36.4 Å². The average Bonchev–Trinajstić information content (AvgIpc) is 3.34. The van der Waals surface area contributed by atoms with Gasteiger partial charge in [-0.1, -0.05) is 35.9 Å². The quantitative estimate of drug-likeness (QED) is 0.312. The molecule has 0 bridgehead atoms. The molecule has 3 aromatic rings. The van der Waals surface area contributed by atoms with Crippen molar-refractivity contribution in [2.45, 2.75) is 0 Å². The molecule has 2 aliphatic rings. The van der Waals surface area contributed by atoms with Crippen LogP contribution in [0.25, 0.3) is 5.57 Å². The molecule has 5 rings (SSSR count). The fourth-order valence-corrected chi connectivity index (χ4v) is 4.77. The number of benzene rings is 2. The third-order valence-electron chi connectivity index (χ3n) is 6.88. The van der Waals surface area contributed by atoms with Gasteiger partial charge < -0.3 is 26.0 Å². The van der Waals surface area contributed by atoms with Gasteiger partial charge in [-0.05, 0) is 42.0 Å². The van der Waals surface area contributed by atoms with Crippen molar-refractivity contribution in [1.29, 1.82) is 0 Å². The lowest BCUT2D eigenvalue weighted by molar-refractivity contribution is -0.123. The van der Waals surface area contributed by atoms with Crippen LogP contribution >= 0.6 is 11.6 Å². The molecule has 11 heteroatoms. The van der Waals surface area contributed by atoms with E-state index < -0.39 is 11.8 Å². The molecule has 3 amide bonds. The third-order valence-corrected chi connectivity index (χ3v) is 7.11. The summed E-state index contributed by atoms with van der Waals surface area (Å²) >= 11 is 5.85. The van der Waals surface area contributed by atoms with Crippen molar-refractivity contribution in [3.8, 4) is 5.75 Å². The van der Waals surface area contributed by atoms with Crippen molar-refractivity contribution >= 4 is 46.4 Å². The van der Waals surface area contributed by atoms with Crippen LogP contribution in [0, 0.1) is 0 Å². The maximum atomic E-state index is 13.0. The lowest BCUT2D eigenvalue weighted by atomic mass is 10.0. The monoisotopic (exact) mass is 560 g/mol. The van der Waals surface area contributed by atoms with Crippen LogP contribution in [0.2, 0.25) is 5.02 Å². The molecule has 2 aromatic carbocycles. The van der Waals surface area contributed by atoms with E-state index in [4.69, 9.17) is 11.6 Å². The highest BCUT2D eigenvalue weighted by molar-refractivity contribution is 6.30. The molecular formula is C29H29ClN6O4. The van der Waals surface area contributed by atoms with Crippen molar-refractivity contribution in [2.75, 3.05) is 56.4 Å². The summed E-state index contributed by atoms with van der Waals surface area (Å²) < 4.78 is 0. The van der Waals surface area contributed by atoms with E-state index in [9.17, 15) is 19.5 Å². The molecule has 40 heavy (non-hydrogen) atoms. The van der Waals surface area contributed by atoms with Crippen LogP contribution in [0.5, 0.6) is 5.75 Å². The summed E-state index contributed by atoms with van der Waals surface area (Å²) in [6.45, 7) is 5.98. The number of hydrogen-bond donors (Lipinski definition) is 4. The highest BCUT2D eigenvalue weighted by Crippen LogP contribution is 2.29. The maximum absolute atomic E-state index is 13.0. The van der Waals surface area contributed by atoms with Crippen LogP contribution in [0.3, 0.4) is 0 Å². The van der Waals surface area contributed by atoms with Gasteiger partial charge in [0.1, 0.15) is 11.6 Å². The average molecular weight is 561 g/mol. The Morgan fingerprint density at radius 2 is 1.75 bits per heavy atom. The predicted molar refractivity (Wildman–Crippen MR) is 154 cm³/mol. The third kappa shape index (κ3) is 6.31. The number of nitrogens with one attached hydrogen (secondary N) is 3. The first kappa shape index (κ1) is 27.3. The van der Waals surface area contributed by atoms with Crippen molar-refractivity contribution in [1.82, 2.24) is 20.1 Å². The summed E-state index contributed by atoms with van der Waals surface area (Å²) in [7, 11) is 0. The Hall–Kier alpha value is -4.25. The summed E-state index contributed by atoms with van der Waals surface area (Å²) in [4.78, 5) is 47.1. The van der Waals surface area contributed by atoms with Gasteiger partial charge in [-0.3, -0.25) is 19.3 Å². The van der Waals surface area contributed by atoms with E-state index in [0.29, 0.717) is 29.2 Å². The number of phenolic OH excluding ortho intramolecular Hbond substituents is 1. The number of pyridine rings is 1. The zero-order valence-electron chi connectivity index (χ0n) is 21.7. The molecule has 4 N–H and O–H groups in total. The summed E-state index contributed by atoms with van der Waals surface area (Å²) in [5.41, 5.74) is 1.67. The van der Waals surface area contributed by atoms with E-state index in [2.05, 4.69) is 25.8 Å². The van der Waals surface area contributed by atoms with Crippen molar-refractivity contribution in [2.24, 2.45) is 0 Å². The van der Waals surface area contributed by atoms with Gasteiger partial charge in [0.25, 0.3) is 17.7 Å². The number of aromatic nitrogens is 1. The van der Waals surface area contributed by atoms with Crippen molar-refractivity contribution in [3.05, 3.63) is 88.6 Å². The number of anilines is 2. The molecule has 0 unspecified atom stereocenters. The zero-order chi connectivity index (χ0) is 28.1. The van der Waals surface area contributed by atoms with Gasteiger partial charge >= 0.3 is 0 Å². The number of piperazine rings is 1. The van der Waals surface area contributed by atoms with Crippen LogP contribution in [0.15, 0.2) is 66.9 Å². The minimum absolute atomic E-state index is 0.0209. The Kier molecular flexibility index (Phi) is 8.40. The number of rotatable bonds is 8. The molecular weight excluding hydrogens is 532 g/mol. The Bertz CT molecular complexity index is 1440. The van der Waals surface area contributed by atoms with Gasteiger partial charge in [0.05, 0.1) is 16.3 Å². The largest absolute Gasteiger partial charge is 0.506 e. The number of aromatic hydroxyl groups is 1. The van der Waals surface area contributed by atoms with Crippen LogP contribution in [-0.4, -0.2) is 83.4 Å². The second-order valence-electron chi connectivity index (χ2n) is 9.51. The van der Waals surface area contributed by atoms with Crippen molar-refractivity contribution in [3.63, 3.8) is 0 Å². The first-order valence-corrected chi connectivity index (χ1v) is 13.4. The van der Waals surface area contributed by atoms with Gasteiger partial charge in [-0.15, -0.1) is 0 Å². The van der Waals surface area contributed by atoms with E-state index >= 15 is 0 Å². The fraction of sp³-hybridized carbons (Fsp3) is 0.241. The highest BCUT2D eigenvalue weighted by Gasteiger charge is 2.26. The topological polar surface area (TPSA) is 127 Å². The SMILES string of the molecule is O=C(Nc1c(O)cccc1C(=O)Nc1ccc(Cl)cn1)c1ccc(C2=CCN(CCN3CCNCC3)C2=O)cc1. The molecule has 1 fully saturated rings. The number of hydrogen-bond acceptors (Lipinski definition) is 7. The van der Waals surface area contributed by atoms with E-state index in [1.807, 2.05) is 11.0 Å². The van der Waals surface area contributed by atoms with Gasteiger partial charge in [-0.2, -0.15) is 0 Å². The van der Waals surface area contributed by atoms with Crippen LogP contribution in [-0.2, 0) is 4.79 Å². The second-order valence-corrected chi connectivity index (χ2v) is 9.94. The molecule has 0 radical (unpaired) electrons. The minimum atomic E-state index is -0.565. The number of nitrogens with zero attached hydrogens (tertiary/aromatic N) is 3. The number of amides is 3. The number of carbonyl (C=O) groups is 3. The van der Waals surface area contributed by atoms with Gasteiger partial charge in [-0.25, -0.2) is 4.98 Å². The summed E-state index contributed by atoms with van der Waals surface area (Å²) in [5.74, 6) is -1.10. The Morgan fingerprint density at radius 3 is 2.48 bits per heavy atom. The molecule has 0 spiro atoms. The molecule has 1 saturated heterocycles. The maximum Gasteiger partial charge on any atom is 0.259 e. The molecule has 1 aromatic heterocycles. The highest BCUT2D eigenvalue weighted by atomic mass is 35.5. The molecule has 2 aliphatic heterocycles. The number of halogens is 1. The summed E-state index contributed by atoms with van der Waals surface area (Å²) in [6.07, 6.45) is 3.31. The lowest BCUT2D eigenvalue weighted by Crippen LogP contribution is -2.46. The van der Waals surface area contributed by atoms with Crippen LogP contribution in [0.1, 0.15) is 26.3 Å². The van der Waals surface area contributed by atoms with Gasteiger partial charge in [0, 0.05) is 63.1 Å². The first-order valence-electron chi connectivity index (χ1n) is 13.0. The Labute approximate surface area is 236 Å². The normalized spacial score (nSPS) is 15.6. The predicted octanol–water partition coefficient (Wildman–Crippen LogP) is 3.08. The van der Waals surface area contributed by atoms with Crippen LogP contribution < -0.4 is 16.0 Å². The minimum Gasteiger partial charge on any atom is -0.506 e. The van der Waals surface area contributed by atoms with E-state index in [0.717, 1.165) is 38.3 Å². The van der Waals surface area contributed by atoms with Crippen molar-refractivity contribution < 1.29 is 19.5 Å². The number of para-hydroxylation sites is 1. The summed E-state index contributed by atoms with van der Waals surface area (Å²) in [5, 5.41) is 19.4. The number of carbonyl (C=O) groups excluding carboxylic acids is 3. The van der Waals surface area contributed by atoms with E-state index in [-0.39, 0.29) is 28.7 Å². The van der Waals surface area contributed by atoms with Gasteiger partial charge in [0.15, 0.2) is 0 Å². The second kappa shape index (κ2) is 12.3. The molecule has 0 aliphatic carbocycles.